The van der Waals surface area contributed by atoms with E-state index in [9.17, 15) is 4.79 Å². The van der Waals surface area contributed by atoms with E-state index in [4.69, 9.17) is 9.47 Å². The summed E-state index contributed by atoms with van der Waals surface area (Å²) in [6.45, 7) is 9.40. The Hall–Kier alpha value is -1.71. The van der Waals surface area contributed by atoms with Crippen molar-refractivity contribution in [1.82, 2.24) is 5.32 Å². The molecule has 1 N–H and O–H groups in total. The standard InChI is InChI=1S/C17H27NO3/c1-11(2)15(12(3)4)10-18-17(19)14-9-13(20-5)7-8-16(14)21-6/h7-9,11-12,15H,10H2,1-6H3,(H,18,19). The highest BCUT2D eigenvalue weighted by molar-refractivity contribution is 5.97. The lowest BCUT2D eigenvalue weighted by atomic mass is 9.85. The van der Waals surface area contributed by atoms with Crippen molar-refractivity contribution >= 4 is 5.91 Å². The highest BCUT2D eigenvalue weighted by Gasteiger charge is 2.20. The number of benzene rings is 1. The predicted molar refractivity (Wildman–Crippen MR) is 85.0 cm³/mol. The largest absolute Gasteiger partial charge is 0.497 e. The van der Waals surface area contributed by atoms with Gasteiger partial charge in [0.05, 0.1) is 19.8 Å². The molecule has 4 nitrogen and oxygen atoms in total. The Labute approximate surface area is 127 Å². The summed E-state index contributed by atoms with van der Waals surface area (Å²) in [6, 6.07) is 5.23. The Balaban J connectivity index is 2.83. The summed E-state index contributed by atoms with van der Waals surface area (Å²) >= 11 is 0. The fourth-order valence-electron chi connectivity index (χ4n) is 2.54. The van der Waals surface area contributed by atoms with Gasteiger partial charge in [0, 0.05) is 6.54 Å². The first-order chi connectivity index (χ1) is 9.90. The van der Waals surface area contributed by atoms with E-state index in [0.29, 0.717) is 41.4 Å². The van der Waals surface area contributed by atoms with Crippen LogP contribution in [0.1, 0.15) is 38.1 Å². The molecular formula is C17H27NO3. The van der Waals surface area contributed by atoms with Gasteiger partial charge in [-0.25, -0.2) is 0 Å². The second-order valence-corrected chi connectivity index (χ2v) is 5.93. The van der Waals surface area contributed by atoms with E-state index in [0.717, 1.165) is 0 Å². The summed E-state index contributed by atoms with van der Waals surface area (Å²) in [5, 5.41) is 3.01. The van der Waals surface area contributed by atoms with Crippen molar-refractivity contribution in [2.24, 2.45) is 17.8 Å². The first kappa shape index (κ1) is 17.3. The van der Waals surface area contributed by atoms with Crippen molar-refractivity contribution in [1.29, 1.82) is 0 Å². The van der Waals surface area contributed by atoms with E-state index in [1.165, 1.54) is 0 Å². The minimum Gasteiger partial charge on any atom is -0.497 e. The lowest BCUT2D eigenvalue weighted by Gasteiger charge is -2.25. The van der Waals surface area contributed by atoms with Crippen molar-refractivity contribution in [2.75, 3.05) is 20.8 Å². The lowest BCUT2D eigenvalue weighted by Crippen LogP contribution is -2.34. The number of methoxy groups -OCH3 is 2. The second-order valence-electron chi connectivity index (χ2n) is 5.93. The molecule has 4 heteroatoms. The summed E-state index contributed by atoms with van der Waals surface area (Å²) in [5.74, 6) is 2.57. The maximum absolute atomic E-state index is 12.4. The fourth-order valence-corrected chi connectivity index (χ4v) is 2.54. The molecule has 118 valence electrons. The molecule has 0 aromatic heterocycles. The first-order valence-electron chi connectivity index (χ1n) is 7.40. The number of nitrogens with one attached hydrogen (secondary N) is 1. The Morgan fingerprint density at radius 1 is 1.10 bits per heavy atom. The quantitative estimate of drug-likeness (QED) is 0.838. The number of rotatable bonds is 7. The molecule has 0 radical (unpaired) electrons. The average molecular weight is 293 g/mol. The van der Waals surface area contributed by atoms with E-state index in [1.54, 1.807) is 32.4 Å². The van der Waals surface area contributed by atoms with Crippen LogP contribution in [0.3, 0.4) is 0 Å². The number of amides is 1. The van der Waals surface area contributed by atoms with Crippen LogP contribution in [0.5, 0.6) is 11.5 Å². The highest BCUT2D eigenvalue weighted by Crippen LogP contribution is 2.24. The van der Waals surface area contributed by atoms with Crippen LogP contribution in [0.2, 0.25) is 0 Å². The smallest absolute Gasteiger partial charge is 0.255 e. The minimum atomic E-state index is -0.128. The molecular weight excluding hydrogens is 266 g/mol. The monoisotopic (exact) mass is 293 g/mol. The summed E-state index contributed by atoms with van der Waals surface area (Å²) in [6.07, 6.45) is 0. The van der Waals surface area contributed by atoms with Gasteiger partial charge in [-0.15, -0.1) is 0 Å². The van der Waals surface area contributed by atoms with Gasteiger partial charge in [0.15, 0.2) is 0 Å². The van der Waals surface area contributed by atoms with Gasteiger partial charge in [0.25, 0.3) is 5.91 Å². The van der Waals surface area contributed by atoms with Crippen LogP contribution in [0, 0.1) is 17.8 Å². The predicted octanol–water partition coefficient (Wildman–Crippen LogP) is 3.36. The zero-order chi connectivity index (χ0) is 16.0. The first-order valence-corrected chi connectivity index (χ1v) is 7.40. The average Bonchev–Trinajstić information content (AvgIpc) is 2.45. The van der Waals surface area contributed by atoms with Crippen molar-refractivity contribution in [3.8, 4) is 11.5 Å². The Bertz CT molecular complexity index is 461. The molecule has 1 rings (SSSR count). The SMILES string of the molecule is COc1ccc(OC)c(C(=O)NCC(C(C)C)C(C)C)c1. The van der Waals surface area contributed by atoms with Crippen LogP contribution < -0.4 is 14.8 Å². The van der Waals surface area contributed by atoms with Gasteiger partial charge in [-0.1, -0.05) is 27.7 Å². The molecule has 0 saturated carbocycles. The molecule has 0 unspecified atom stereocenters. The Morgan fingerprint density at radius 3 is 2.19 bits per heavy atom. The van der Waals surface area contributed by atoms with Crippen LogP contribution in [0.25, 0.3) is 0 Å². The van der Waals surface area contributed by atoms with Crippen molar-refractivity contribution in [3.05, 3.63) is 23.8 Å². The topological polar surface area (TPSA) is 47.6 Å². The fraction of sp³-hybridized carbons (Fsp3) is 0.588. The number of carbonyl (C=O) groups is 1. The van der Waals surface area contributed by atoms with Gasteiger partial charge in [-0.05, 0) is 36.0 Å². The molecule has 1 amide bonds. The Morgan fingerprint density at radius 2 is 1.71 bits per heavy atom. The van der Waals surface area contributed by atoms with Crippen LogP contribution in [0.15, 0.2) is 18.2 Å². The van der Waals surface area contributed by atoms with E-state index in [-0.39, 0.29) is 5.91 Å². The molecule has 0 aliphatic carbocycles. The van der Waals surface area contributed by atoms with Crippen LogP contribution in [0.4, 0.5) is 0 Å². The molecule has 1 aromatic carbocycles. The third-order valence-corrected chi connectivity index (χ3v) is 3.86. The third-order valence-electron chi connectivity index (χ3n) is 3.86. The van der Waals surface area contributed by atoms with Crippen molar-refractivity contribution in [2.45, 2.75) is 27.7 Å². The molecule has 0 atom stereocenters. The molecule has 0 saturated heterocycles. The van der Waals surface area contributed by atoms with Crippen molar-refractivity contribution in [3.63, 3.8) is 0 Å². The Kier molecular flexibility index (Phi) is 6.53. The van der Waals surface area contributed by atoms with Crippen molar-refractivity contribution < 1.29 is 14.3 Å². The molecule has 0 spiro atoms. The molecule has 0 aliphatic rings. The van der Waals surface area contributed by atoms with Crippen LogP contribution in [-0.4, -0.2) is 26.7 Å². The molecule has 0 heterocycles. The van der Waals surface area contributed by atoms with Gasteiger partial charge in [0.1, 0.15) is 11.5 Å². The third kappa shape index (κ3) is 4.66. The van der Waals surface area contributed by atoms with Gasteiger partial charge < -0.3 is 14.8 Å². The molecule has 0 bridgehead atoms. The van der Waals surface area contributed by atoms with Gasteiger partial charge in [0.2, 0.25) is 0 Å². The molecule has 21 heavy (non-hydrogen) atoms. The summed E-state index contributed by atoms with van der Waals surface area (Å²) in [7, 11) is 3.14. The van der Waals surface area contributed by atoms with E-state index in [2.05, 4.69) is 33.0 Å². The van der Waals surface area contributed by atoms with Crippen LogP contribution >= 0.6 is 0 Å². The number of carbonyl (C=O) groups excluding carboxylic acids is 1. The zero-order valence-corrected chi connectivity index (χ0v) is 13.9. The highest BCUT2D eigenvalue weighted by atomic mass is 16.5. The summed E-state index contributed by atoms with van der Waals surface area (Å²) < 4.78 is 10.4. The van der Waals surface area contributed by atoms with E-state index in [1.807, 2.05) is 0 Å². The summed E-state index contributed by atoms with van der Waals surface area (Å²) in [5.41, 5.74) is 0.503. The van der Waals surface area contributed by atoms with E-state index < -0.39 is 0 Å². The second kappa shape index (κ2) is 7.91. The summed E-state index contributed by atoms with van der Waals surface area (Å²) in [4.78, 5) is 12.4. The number of hydrogen-bond donors (Lipinski definition) is 1. The maximum Gasteiger partial charge on any atom is 0.255 e. The zero-order valence-electron chi connectivity index (χ0n) is 13.9. The van der Waals surface area contributed by atoms with E-state index >= 15 is 0 Å². The lowest BCUT2D eigenvalue weighted by molar-refractivity contribution is 0.0934. The van der Waals surface area contributed by atoms with Gasteiger partial charge in [-0.2, -0.15) is 0 Å². The number of hydrogen-bond acceptors (Lipinski definition) is 3. The van der Waals surface area contributed by atoms with Gasteiger partial charge >= 0.3 is 0 Å². The molecule has 0 aliphatic heterocycles. The minimum absolute atomic E-state index is 0.128. The van der Waals surface area contributed by atoms with Gasteiger partial charge in [-0.3, -0.25) is 4.79 Å². The normalized spacial score (nSPS) is 11.1. The molecule has 0 fully saturated rings. The maximum atomic E-state index is 12.4. The number of ether oxygens (including phenoxy) is 2. The molecule has 1 aromatic rings. The van der Waals surface area contributed by atoms with Crippen LogP contribution in [-0.2, 0) is 0 Å².